The quantitative estimate of drug-likeness (QED) is 0.498. The first-order valence-corrected chi connectivity index (χ1v) is 8.76. The average Bonchev–Trinajstić information content (AvgIpc) is 2.53. The molecule has 0 aromatic rings. The van der Waals surface area contributed by atoms with E-state index in [1.165, 1.54) is 56.1 Å². The summed E-state index contributed by atoms with van der Waals surface area (Å²) in [4.78, 5) is 0. The van der Waals surface area contributed by atoms with Gasteiger partial charge in [0.1, 0.15) is 0 Å². The SMILES string of the molecule is C=CC1CCC(C(C)C/C=C(\C)C2=CC=C(C)CC2)CC1. The Balaban J connectivity index is 1.84. The van der Waals surface area contributed by atoms with Crippen LogP contribution in [0.5, 0.6) is 0 Å². The lowest BCUT2D eigenvalue weighted by Crippen LogP contribution is -2.19. The Morgan fingerprint density at radius 1 is 1.24 bits per heavy atom. The number of rotatable bonds is 5. The molecule has 0 saturated heterocycles. The Kier molecular flexibility index (Phi) is 6.08. The van der Waals surface area contributed by atoms with Crippen molar-refractivity contribution in [3.05, 3.63) is 47.6 Å². The molecule has 0 aromatic heterocycles. The van der Waals surface area contributed by atoms with Crippen molar-refractivity contribution in [2.45, 2.75) is 65.7 Å². The van der Waals surface area contributed by atoms with E-state index in [-0.39, 0.29) is 0 Å². The number of hydrogen-bond acceptors (Lipinski definition) is 0. The van der Waals surface area contributed by atoms with Gasteiger partial charge in [0.25, 0.3) is 0 Å². The van der Waals surface area contributed by atoms with Gasteiger partial charge in [-0.05, 0) is 82.1 Å². The zero-order valence-corrected chi connectivity index (χ0v) is 14.2. The standard InChI is InChI=1S/C21H32/c1-5-19-10-14-21(15-11-19)18(4)9-8-17(3)20-12-6-16(2)7-13-20/h5-6,8,12,18-19,21H,1,7,9-11,13-15H2,2-4H3/b17-8+. The first-order valence-electron chi connectivity index (χ1n) is 8.76. The zero-order chi connectivity index (χ0) is 15.2. The highest BCUT2D eigenvalue weighted by Crippen LogP contribution is 2.35. The molecule has 21 heavy (non-hydrogen) atoms. The Hall–Kier alpha value is -1.04. The molecule has 2 aliphatic carbocycles. The van der Waals surface area contributed by atoms with E-state index >= 15 is 0 Å². The largest absolute Gasteiger partial charge is 0.103 e. The molecule has 2 aliphatic rings. The average molecular weight is 284 g/mol. The topological polar surface area (TPSA) is 0 Å². The number of allylic oxidation sites excluding steroid dienone is 7. The number of hydrogen-bond donors (Lipinski definition) is 0. The third kappa shape index (κ3) is 4.73. The van der Waals surface area contributed by atoms with Crippen LogP contribution in [0.2, 0.25) is 0 Å². The van der Waals surface area contributed by atoms with Crippen LogP contribution in [-0.4, -0.2) is 0 Å². The van der Waals surface area contributed by atoms with Crippen LogP contribution in [0.15, 0.2) is 47.6 Å². The van der Waals surface area contributed by atoms with E-state index in [1.54, 1.807) is 5.57 Å². The highest BCUT2D eigenvalue weighted by Gasteiger charge is 2.23. The molecule has 0 heteroatoms. The van der Waals surface area contributed by atoms with Gasteiger partial charge in [0.15, 0.2) is 0 Å². The molecule has 0 nitrogen and oxygen atoms in total. The Morgan fingerprint density at radius 2 is 1.95 bits per heavy atom. The van der Waals surface area contributed by atoms with Gasteiger partial charge in [0.05, 0.1) is 0 Å². The minimum Gasteiger partial charge on any atom is -0.103 e. The molecule has 0 aromatic carbocycles. The van der Waals surface area contributed by atoms with Gasteiger partial charge in [-0.15, -0.1) is 6.58 Å². The lowest BCUT2D eigenvalue weighted by atomic mass is 9.75. The predicted octanol–water partition coefficient (Wildman–Crippen LogP) is 6.62. The van der Waals surface area contributed by atoms with Crippen molar-refractivity contribution in [2.24, 2.45) is 17.8 Å². The van der Waals surface area contributed by atoms with Gasteiger partial charge in [-0.1, -0.05) is 42.4 Å². The summed E-state index contributed by atoms with van der Waals surface area (Å²) in [6, 6.07) is 0. The summed E-state index contributed by atoms with van der Waals surface area (Å²) in [5.74, 6) is 2.54. The van der Waals surface area contributed by atoms with Gasteiger partial charge < -0.3 is 0 Å². The molecule has 1 unspecified atom stereocenters. The first kappa shape index (κ1) is 16.3. The van der Waals surface area contributed by atoms with Gasteiger partial charge in [-0.2, -0.15) is 0 Å². The van der Waals surface area contributed by atoms with Crippen LogP contribution < -0.4 is 0 Å². The van der Waals surface area contributed by atoms with Crippen LogP contribution in [0.3, 0.4) is 0 Å². The van der Waals surface area contributed by atoms with E-state index in [9.17, 15) is 0 Å². The van der Waals surface area contributed by atoms with Gasteiger partial charge in [0.2, 0.25) is 0 Å². The molecule has 0 radical (unpaired) electrons. The molecular formula is C21H32. The Bertz CT molecular complexity index is 439. The van der Waals surface area contributed by atoms with Crippen LogP contribution in [0.25, 0.3) is 0 Å². The van der Waals surface area contributed by atoms with Crippen LogP contribution in [0.1, 0.15) is 65.7 Å². The molecule has 0 N–H and O–H groups in total. The van der Waals surface area contributed by atoms with Crippen LogP contribution in [0.4, 0.5) is 0 Å². The second kappa shape index (κ2) is 7.82. The summed E-state index contributed by atoms with van der Waals surface area (Å²) >= 11 is 0. The summed E-state index contributed by atoms with van der Waals surface area (Å²) < 4.78 is 0. The molecule has 1 fully saturated rings. The normalized spacial score (nSPS) is 28.6. The van der Waals surface area contributed by atoms with Gasteiger partial charge in [0, 0.05) is 0 Å². The molecule has 116 valence electrons. The zero-order valence-electron chi connectivity index (χ0n) is 14.2. The summed E-state index contributed by atoms with van der Waals surface area (Å²) in [5.41, 5.74) is 4.56. The minimum atomic E-state index is 0.785. The van der Waals surface area contributed by atoms with Crippen molar-refractivity contribution in [1.29, 1.82) is 0 Å². The molecule has 0 amide bonds. The Labute approximate surface area is 131 Å². The smallest absolute Gasteiger partial charge is 0.0236 e. The van der Waals surface area contributed by atoms with Crippen molar-refractivity contribution in [1.82, 2.24) is 0 Å². The maximum atomic E-state index is 3.95. The maximum Gasteiger partial charge on any atom is -0.0236 e. The van der Waals surface area contributed by atoms with Gasteiger partial charge >= 0.3 is 0 Å². The van der Waals surface area contributed by atoms with Crippen molar-refractivity contribution in [3.8, 4) is 0 Å². The van der Waals surface area contributed by atoms with Gasteiger partial charge in [-0.25, -0.2) is 0 Å². The Morgan fingerprint density at radius 3 is 2.52 bits per heavy atom. The second-order valence-corrected chi connectivity index (χ2v) is 7.22. The monoisotopic (exact) mass is 284 g/mol. The third-order valence-corrected chi connectivity index (χ3v) is 5.61. The highest BCUT2D eigenvalue weighted by molar-refractivity contribution is 5.36. The molecule has 0 aliphatic heterocycles. The molecule has 1 atom stereocenters. The molecule has 1 saturated carbocycles. The van der Waals surface area contributed by atoms with Crippen LogP contribution in [-0.2, 0) is 0 Å². The summed E-state index contributed by atoms with van der Waals surface area (Å²) in [7, 11) is 0. The van der Waals surface area contributed by atoms with Crippen molar-refractivity contribution in [2.75, 3.05) is 0 Å². The molecular weight excluding hydrogens is 252 g/mol. The minimum absolute atomic E-state index is 0.785. The van der Waals surface area contributed by atoms with Crippen LogP contribution >= 0.6 is 0 Å². The molecule has 0 spiro atoms. The van der Waals surface area contributed by atoms with E-state index in [0.29, 0.717) is 0 Å². The van der Waals surface area contributed by atoms with Gasteiger partial charge in [-0.3, -0.25) is 0 Å². The van der Waals surface area contributed by atoms with Crippen molar-refractivity contribution >= 4 is 0 Å². The van der Waals surface area contributed by atoms with E-state index < -0.39 is 0 Å². The lowest BCUT2D eigenvalue weighted by molar-refractivity contribution is 0.237. The lowest BCUT2D eigenvalue weighted by Gasteiger charge is -2.30. The van der Waals surface area contributed by atoms with E-state index in [0.717, 1.165) is 17.8 Å². The summed E-state index contributed by atoms with van der Waals surface area (Å²) in [5, 5.41) is 0. The van der Waals surface area contributed by atoms with E-state index in [1.807, 2.05) is 0 Å². The maximum absolute atomic E-state index is 3.95. The fourth-order valence-electron chi connectivity index (χ4n) is 3.71. The van der Waals surface area contributed by atoms with E-state index in [4.69, 9.17) is 0 Å². The van der Waals surface area contributed by atoms with E-state index in [2.05, 4.69) is 51.7 Å². The first-order chi connectivity index (χ1) is 10.1. The third-order valence-electron chi connectivity index (χ3n) is 5.61. The predicted molar refractivity (Wildman–Crippen MR) is 94.3 cm³/mol. The van der Waals surface area contributed by atoms with Crippen LogP contribution in [0, 0.1) is 17.8 Å². The fourth-order valence-corrected chi connectivity index (χ4v) is 3.71. The molecule has 0 bridgehead atoms. The molecule has 2 rings (SSSR count). The fraction of sp³-hybridized carbons (Fsp3) is 0.619. The summed E-state index contributed by atoms with van der Waals surface area (Å²) in [6.07, 6.45) is 18.5. The second-order valence-electron chi connectivity index (χ2n) is 7.22. The van der Waals surface area contributed by atoms with Crippen molar-refractivity contribution < 1.29 is 0 Å². The summed E-state index contributed by atoms with van der Waals surface area (Å²) in [6.45, 7) is 10.9. The molecule has 0 heterocycles. The highest BCUT2D eigenvalue weighted by atomic mass is 14.3. The van der Waals surface area contributed by atoms with Crippen molar-refractivity contribution in [3.63, 3.8) is 0 Å².